The average Bonchev–Trinajstić information content (AvgIpc) is 3.08. The molecule has 3 heterocycles. The minimum absolute atomic E-state index is 0.187. The van der Waals surface area contributed by atoms with Crippen molar-refractivity contribution in [1.29, 1.82) is 0 Å². The molecule has 0 aliphatic carbocycles. The van der Waals surface area contributed by atoms with Gasteiger partial charge in [0.2, 0.25) is 5.72 Å². The van der Waals surface area contributed by atoms with Crippen molar-refractivity contribution < 1.29 is 19.5 Å². The van der Waals surface area contributed by atoms with Gasteiger partial charge in [0.25, 0.3) is 0 Å². The molecule has 1 unspecified atom stereocenters. The summed E-state index contributed by atoms with van der Waals surface area (Å²) < 4.78 is 12.9. The predicted octanol–water partition coefficient (Wildman–Crippen LogP) is 6.73. The number of fused-ring (bicyclic) bond motifs is 4. The molecule has 3 aromatic carbocycles. The highest BCUT2D eigenvalue weighted by molar-refractivity contribution is 5.99. The fraction of sp³-hybridized carbons (Fsp3) is 0.455. The van der Waals surface area contributed by atoms with Crippen LogP contribution in [0.5, 0.6) is 5.75 Å². The summed E-state index contributed by atoms with van der Waals surface area (Å²) in [4.78, 5) is 20.4. The van der Waals surface area contributed by atoms with Crippen molar-refractivity contribution >= 4 is 34.3 Å². The van der Waals surface area contributed by atoms with Crippen LogP contribution in [0, 0.1) is 0 Å². The van der Waals surface area contributed by atoms with Crippen LogP contribution in [-0.4, -0.2) is 46.7 Å². The molecule has 6 rings (SSSR count). The summed E-state index contributed by atoms with van der Waals surface area (Å²) in [5.74, 6) is 0.455. The zero-order valence-corrected chi connectivity index (χ0v) is 24.2. The summed E-state index contributed by atoms with van der Waals surface area (Å²) >= 11 is 0. The fourth-order valence-electron chi connectivity index (χ4n) is 7.15. The summed E-state index contributed by atoms with van der Waals surface area (Å²) in [6.07, 6.45) is 2.83. The fourth-order valence-corrected chi connectivity index (χ4v) is 7.15. The topological polar surface area (TPSA) is 74.3 Å². The van der Waals surface area contributed by atoms with Crippen LogP contribution in [0.1, 0.15) is 66.4 Å². The third-order valence-electron chi connectivity index (χ3n) is 9.05. The maximum absolute atomic E-state index is 13.2. The van der Waals surface area contributed by atoms with Crippen LogP contribution in [0.15, 0.2) is 65.7 Å². The number of ether oxygens (including phenoxy) is 2. The van der Waals surface area contributed by atoms with Crippen LogP contribution in [0.3, 0.4) is 0 Å². The third kappa shape index (κ3) is 4.01. The van der Waals surface area contributed by atoms with E-state index in [1.165, 1.54) is 0 Å². The molecule has 1 fully saturated rings. The Balaban J connectivity index is 1.28. The number of carbonyl (C=O) groups excluding carboxylic acids is 1. The number of benzene rings is 3. The highest BCUT2D eigenvalue weighted by atomic mass is 16.5. The minimum Gasteiger partial charge on any atom is -0.462 e. The molecular formula is C33H38N3O4. The number of para-hydroxylation sites is 1. The summed E-state index contributed by atoms with van der Waals surface area (Å²) in [5.41, 5.74) is 0.435. The van der Waals surface area contributed by atoms with E-state index in [0.29, 0.717) is 19.4 Å². The van der Waals surface area contributed by atoms with Gasteiger partial charge in [-0.3, -0.25) is 9.79 Å². The van der Waals surface area contributed by atoms with Crippen LogP contribution in [-0.2, 0) is 20.2 Å². The number of anilines is 1. The number of hydroxylamine groups is 2. The van der Waals surface area contributed by atoms with E-state index in [9.17, 15) is 10.0 Å². The lowest BCUT2D eigenvalue weighted by molar-refractivity contribution is -0.299. The van der Waals surface area contributed by atoms with Crippen molar-refractivity contribution in [3.8, 4) is 5.75 Å². The molecule has 7 nitrogen and oxygen atoms in total. The molecule has 3 aliphatic rings. The van der Waals surface area contributed by atoms with E-state index in [0.717, 1.165) is 38.5 Å². The van der Waals surface area contributed by atoms with Gasteiger partial charge in [0, 0.05) is 41.5 Å². The van der Waals surface area contributed by atoms with E-state index in [-0.39, 0.29) is 18.5 Å². The first-order chi connectivity index (χ1) is 18.9. The first-order valence-corrected chi connectivity index (χ1v) is 14.2. The molecule has 0 saturated carbocycles. The zero-order chi connectivity index (χ0) is 28.5. The summed E-state index contributed by atoms with van der Waals surface area (Å²) in [7, 11) is 0. The largest absolute Gasteiger partial charge is 0.462 e. The second-order valence-corrected chi connectivity index (χ2v) is 13.2. The highest BCUT2D eigenvalue weighted by Gasteiger charge is 2.59. The number of nitrogens with zero attached hydrogens (tertiary/aromatic N) is 3. The minimum atomic E-state index is -0.912. The second-order valence-electron chi connectivity index (χ2n) is 13.2. The van der Waals surface area contributed by atoms with Gasteiger partial charge >= 0.3 is 5.97 Å². The lowest BCUT2D eigenvalue weighted by atomic mass is 9.77. The Hall–Kier alpha value is -3.42. The first-order valence-electron chi connectivity index (χ1n) is 14.2. The van der Waals surface area contributed by atoms with Gasteiger partial charge in [-0.25, -0.2) is 0 Å². The van der Waals surface area contributed by atoms with Crippen LogP contribution < -0.4 is 9.64 Å². The summed E-state index contributed by atoms with van der Waals surface area (Å²) in [6.45, 7) is 12.4. The molecule has 7 heteroatoms. The molecule has 40 heavy (non-hydrogen) atoms. The lowest BCUT2D eigenvalue weighted by Gasteiger charge is -2.49. The monoisotopic (exact) mass is 540 g/mol. The summed E-state index contributed by atoms with van der Waals surface area (Å²) in [6, 6.07) is 20.5. The van der Waals surface area contributed by atoms with Gasteiger partial charge in [-0.05, 0) is 64.6 Å². The van der Waals surface area contributed by atoms with Gasteiger partial charge in [-0.1, -0.05) is 48.5 Å². The number of esters is 1. The zero-order valence-electron chi connectivity index (χ0n) is 24.2. The number of carbonyl (C=O) groups is 1. The van der Waals surface area contributed by atoms with E-state index in [2.05, 4.69) is 49.1 Å². The Morgan fingerprint density at radius 2 is 1.62 bits per heavy atom. The standard InChI is InChI=1S/C33H38N3O4/c1-30(2)19-23(20-31(3,4)36(30)38)39-28(37)17-18-35-26-14-10-9-13-25(26)32(5,6)33(35)21-34-29-24-12-8-7-11-22(24)15-16-27(29)40-33/h7-16,21,23H,17-20H2,1-6H3. The number of piperidine rings is 1. The van der Waals surface area contributed by atoms with Gasteiger partial charge in [-0.2, -0.15) is 0 Å². The van der Waals surface area contributed by atoms with Gasteiger partial charge < -0.3 is 14.4 Å². The van der Waals surface area contributed by atoms with E-state index in [1.807, 2.05) is 64.2 Å². The third-order valence-corrected chi connectivity index (χ3v) is 9.05. The Labute approximate surface area is 236 Å². The van der Waals surface area contributed by atoms with Crippen LogP contribution >= 0.6 is 0 Å². The molecule has 0 N–H and O–H groups in total. The van der Waals surface area contributed by atoms with E-state index >= 15 is 0 Å². The molecule has 0 amide bonds. The van der Waals surface area contributed by atoms with E-state index in [4.69, 9.17) is 14.5 Å². The average molecular weight is 541 g/mol. The molecule has 1 radical (unpaired) electrons. The van der Waals surface area contributed by atoms with Crippen molar-refractivity contribution in [1.82, 2.24) is 5.06 Å². The molecule has 3 aromatic rings. The van der Waals surface area contributed by atoms with Crippen LogP contribution in [0.2, 0.25) is 0 Å². The SMILES string of the molecule is CC1(C)CC(OC(=O)CCN2c3ccccc3C(C)(C)C23C=Nc2c(ccc4ccccc24)O3)CC(C)(C)N1[O]. The van der Waals surface area contributed by atoms with E-state index < -0.39 is 22.2 Å². The smallest absolute Gasteiger partial charge is 0.307 e. The molecule has 0 bridgehead atoms. The van der Waals surface area contributed by atoms with Crippen LogP contribution in [0.25, 0.3) is 10.8 Å². The predicted molar refractivity (Wildman–Crippen MR) is 157 cm³/mol. The molecule has 3 aliphatic heterocycles. The van der Waals surface area contributed by atoms with Crippen molar-refractivity contribution in [2.75, 3.05) is 11.4 Å². The number of hydrogen-bond acceptors (Lipinski definition) is 6. The van der Waals surface area contributed by atoms with Crippen LogP contribution in [0.4, 0.5) is 11.4 Å². The Kier molecular flexibility index (Phi) is 6.06. The van der Waals surface area contributed by atoms with Gasteiger partial charge in [-0.15, -0.1) is 10.3 Å². The number of hydrogen-bond donors (Lipinski definition) is 0. The highest BCUT2D eigenvalue weighted by Crippen LogP contribution is 2.54. The second kappa shape index (κ2) is 9.05. The van der Waals surface area contributed by atoms with Gasteiger partial charge in [0.15, 0.2) is 0 Å². The first kappa shape index (κ1) is 26.8. The Morgan fingerprint density at radius 3 is 2.38 bits per heavy atom. The molecular weight excluding hydrogens is 502 g/mol. The van der Waals surface area contributed by atoms with Gasteiger partial charge in [0.1, 0.15) is 17.5 Å². The number of aliphatic imine (C=N–C) groups is 1. The van der Waals surface area contributed by atoms with Gasteiger partial charge in [0.05, 0.1) is 18.1 Å². The maximum Gasteiger partial charge on any atom is 0.307 e. The molecule has 1 atom stereocenters. The normalized spacial score (nSPS) is 24.5. The van der Waals surface area contributed by atoms with Crippen molar-refractivity contribution in [3.63, 3.8) is 0 Å². The maximum atomic E-state index is 13.2. The van der Waals surface area contributed by atoms with E-state index in [1.54, 1.807) is 0 Å². The quantitative estimate of drug-likeness (QED) is 0.343. The number of rotatable bonds is 4. The molecule has 1 saturated heterocycles. The Bertz CT molecular complexity index is 1490. The molecule has 209 valence electrons. The lowest BCUT2D eigenvalue weighted by Crippen LogP contribution is -2.62. The van der Waals surface area contributed by atoms with Crippen molar-refractivity contribution in [3.05, 3.63) is 66.2 Å². The summed E-state index contributed by atoms with van der Waals surface area (Å²) in [5, 5.41) is 16.1. The Morgan fingerprint density at radius 1 is 0.950 bits per heavy atom. The molecule has 1 spiro atoms. The van der Waals surface area contributed by atoms with Crippen molar-refractivity contribution in [2.45, 2.75) is 89.1 Å². The molecule has 0 aromatic heterocycles. The van der Waals surface area contributed by atoms with Crippen molar-refractivity contribution in [2.24, 2.45) is 4.99 Å².